The van der Waals surface area contributed by atoms with Crippen LogP contribution in [0.4, 0.5) is 13.2 Å². The second-order valence-electron chi connectivity index (χ2n) is 10.1. The zero-order valence-electron chi connectivity index (χ0n) is 21.5. The molecule has 6 rings (SSSR count). The van der Waals surface area contributed by atoms with Gasteiger partial charge in [-0.3, -0.25) is 4.79 Å². The molecule has 0 aliphatic heterocycles. The van der Waals surface area contributed by atoms with Crippen molar-refractivity contribution in [3.8, 4) is 17.3 Å². The van der Waals surface area contributed by atoms with Crippen LogP contribution >= 0.6 is 0 Å². The minimum absolute atomic E-state index is 0.506. The van der Waals surface area contributed by atoms with Crippen LogP contribution in [0.3, 0.4) is 0 Å². The van der Waals surface area contributed by atoms with E-state index >= 15 is 0 Å². The van der Waals surface area contributed by atoms with E-state index in [1.165, 1.54) is 25.0 Å². The summed E-state index contributed by atoms with van der Waals surface area (Å²) in [6.45, 7) is 0.888. The number of imidazole rings is 1. The van der Waals surface area contributed by atoms with Gasteiger partial charge in [-0.25, -0.2) is 4.98 Å². The van der Waals surface area contributed by atoms with Crippen LogP contribution in [0.5, 0.6) is 5.75 Å². The van der Waals surface area contributed by atoms with E-state index in [0.717, 1.165) is 58.5 Å². The molecule has 0 N–H and O–H groups in total. The molecule has 8 heteroatoms. The van der Waals surface area contributed by atoms with Gasteiger partial charge in [-0.15, -0.1) is 0 Å². The molecule has 0 spiro atoms. The van der Waals surface area contributed by atoms with E-state index in [9.17, 15) is 18.0 Å². The van der Waals surface area contributed by atoms with E-state index in [2.05, 4.69) is 22.8 Å². The molecular weight excluding hydrogens is 503 g/mol. The number of aldehydes is 1. The van der Waals surface area contributed by atoms with E-state index < -0.39 is 11.7 Å². The molecule has 0 amide bonds. The van der Waals surface area contributed by atoms with Crippen LogP contribution in [0.1, 0.15) is 39.9 Å². The molecule has 0 bridgehead atoms. The van der Waals surface area contributed by atoms with Gasteiger partial charge in [-0.05, 0) is 72.4 Å². The highest BCUT2D eigenvalue weighted by Gasteiger charge is 2.30. The number of alkyl halides is 3. The first-order valence-corrected chi connectivity index (χ1v) is 12.7. The highest BCUT2D eigenvalue weighted by Crippen LogP contribution is 2.38. The number of nitrogens with zero attached hydrogens (tertiary/aromatic N) is 3. The Balaban J connectivity index is 1.41. The maximum atomic E-state index is 12.9. The number of carbonyl (C=O) groups excluding carboxylic acids is 1. The third-order valence-corrected chi connectivity index (χ3v) is 7.31. The van der Waals surface area contributed by atoms with E-state index in [1.807, 2.05) is 29.8 Å². The summed E-state index contributed by atoms with van der Waals surface area (Å²) in [5.41, 5.74) is 5.07. The Morgan fingerprint density at radius 3 is 2.36 bits per heavy atom. The number of benzene rings is 3. The van der Waals surface area contributed by atoms with E-state index in [0.29, 0.717) is 28.3 Å². The summed E-state index contributed by atoms with van der Waals surface area (Å²) in [5.74, 6) is 2.01. The van der Waals surface area contributed by atoms with Crippen molar-refractivity contribution in [2.45, 2.75) is 25.6 Å². The van der Waals surface area contributed by atoms with Crippen LogP contribution in [0.2, 0.25) is 0 Å². The largest absolute Gasteiger partial charge is 0.494 e. The number of rotatable bonds is 7. The van der Waals surface area contributed by atoms with Crippen molar-refractivity contribution < 1.29 is 22.7 Å². The minimum Gasteiger partial charge on any atom is -0.494 e. The normalized spacial score (nSPS) is 14.1. The molecule has 1 aliphatic carbocycles. The fourth-order valence-electron chi connectivity index (χ4n) is 5.09. The molecule has 0 radical (unpaired) electrons. The van der Waals surface area contributed by atoms with Crippen molar-refractivity contribution in [1.29, 1.82) is 0 Å². The van der Waals surface area contributed by atoms with Crippen LogP contribution in [0.15, 0.2) is 60.7 Å². The van der Waals surface area contributed by atoms with Crippen molar-refractivity contribution in [2.24, 2.45) is 13.0 Å². The molecule has 5 aromatic rings. The Hall–Kier alpha value is -4.33. The van der Waals surface area contributed by atoms with E-state index in [1.54, 1.807) is 19.2 Å². The smallest absolute Gasteiger partial charge is 0.416 e. The third-order valence-electron chi connectivity index (χ3n) is 7.31. The SMILES string of the molecule is COc1cc(C=O)cc2nc(-c3cc4cc(/C=C/c5ccc(C(F)(F)F)cc5)ccc4n3CC3CC3)n(C)c12. The lowest BCUT2D eigenvalue weighted by atomic mass is 10.1. The third kappa shape index (κ3) is 4.71. The number of aromatic nitrogens is 3. The number of hydrogen-bond acceptors (Lipinski definition) is 3. The van der Waals surface area contributed by atoms with Gasteiger partial charge in [0.15, 0.2) is 5.82 Å². The Morgan fingerprint density at radius 2 is 1.69 bits per heavy atom. The van der Waals surface area contributed by atoms with Gasteiger partial charge < -0.3 is 13.9 Å². The summed E-state index contributed by atoms with van der Waals surface area (Å²) in [5, 5.41) is 1.05. The average Bonchev–Trinajstić information content (AvgIpc) is 3.60. The van der Waals surface area contributed by atoms with Crippen LogP contribution in [-0.4, -0.2) is 27.5 Å². The molecule has 0 atom stereocenters. The second-order valence-corrected chi connectivity index (χ2v) is 10.1. The number of methoxy groups -OCH3 is 1. The quantitative estimate of drug-likeness (QED) is 0.161. The fraction of sp³-hybridized carbons (Fsp3) is 0.226. The average molecular weight is 530 g/mol. The predicted molar refractivity (Wildman–Crippen MR) is 147 cm³/mol. The molecule has 0 saturated heterocycles. The molecule has 1 aliphatic rings. The Kier molecular flexibility index (Phi) is 6.05. The number of fused-ring (bicyclic) bond motifs is 2. The maximum Gasteiger partial charge on any atom is 0.416 e. The van der Waals surface area contributed by atoms with Gasteiger partial charge in [-0.2, -0.15) is 13.2 Å². The number of aryl methyl sites for hydroxylation is 1. The van der Waals surface area contributed by atoms with Gasteiger partial charge in [0.25, 0.3) is 0 Å². The van der Waals surface area contributed by atoms with Crippen LogP contribution < -0.4 is 4.74 Å². The second kappa shape index (κ2) is 9.45. The van der Waals surface area contributed by atoms with Crippen LogP contribution in [0.25, 0.3) is 45.6 Å². The van der Waals surface area contributed by atoms with Crippen LogP contribution in [-0.2, 0) is 19.8 Å². The molecule has 3 aromatic carbocycles. The molecule has 0 unspecified atom stereocenters. The summed E-state index contributed by atoms with van der Waals surface area (Å²) < 4.78 is 48.5. The monoisotopic (exact) mass is 529 g/mol. The topological polar surface area (TPSA) is 49.0 Å². The van der Waals surface area contributed by atoms with Gasteiger partial charge in [0, 0.05) is 30.1 Å². The molecule has 1 saturated carbocycles. The standard InChI is InChI=1S/C31H26F3N3O2/c1-36-29-25(14-22(18-38)15-28(29)39-2)35-30(36)27-16-23-13-20(9-12-26(23)37(27)17-21-5-6-21)4-3-19-7-10-24(11-8-19)31(32,33)34/h3-4,7-16,18,21H,5-6,17H2,1-2H3/b4-3+. The van der Waals surface area contributed by atoms with Crippen molar-refractivity contribution in [3.05, 3.63) is 82.9 Å². The van der Waals surface area contributed by atoms with Gasteiger partial charge in [0.2, 0.25) is 0 Å². The number of hydrogen-bond donors (Lipinski definition) is 0. The van der Waals surface area contributed by atoms with Crippen molar-refractivity contribution in [1.82, 2.24) is 14.1 Å². The lowest BCUT2D eigenvalue weighted by Gasteiger charge is -2.11. The molecular formula is C31H26F3N3O2. The summed E-state index contributed by atoms with van der Waals surface area (Å²) in [6, 6.07) is 16.9. The lowest BCUT2D eigenvalue weighted by molar-refractivity contribution is -0.137. The number of ether oxygens (including phenoxy) is 1. The Bertz CT molecular complexity index is 1740. The molecule has 5 nitrogen and oxygen atoms in total. The Morgan fingerprint density at radius 1 is 0.974 bits per heavy atom. The summed E-state index contributed by atoms with van der Waals surface area (Å²) in [6.07, 6.45) is 2.56. The van der Waals surface area contributed by atoms with Crippen molar-refractivity contribution in [2.75, 3.05) is 7.11 Å². The zero-order valence-corrected chi connectivity index (χ0v) is 21.5. The number of carbonyl (C=O) groups is 1. The van der Waals surface area contributed by atoms with Gasteiger partial charge in [0.05, 0.1) is 23.9 Å². The summed E-state index contributed by atoms with van der Waals surface area (Å²) in [4.78, 5) is 16.4. The van der Waals surface area contributed by atoms with E-state index in [4.69, 9.17) is 9.72 Å². The highest BCUT2D eigenvalue weighted by atomic mass is 19.4. The summed E-state index contributed by atoms with van der Waals surface area (Å²) >= 11 is 0. The minimum atomic E-state index is -4.35. The van der Waals surface area contributed by atoms with Crippen LogP contribution in [0, 0.1) is 5.92 Å². The van der Waals surface area contributed by atoms with Gasteiger partial charge in [0.1, 0.15) is 17.6 Å². The highest BCUT2D eigenvalue weighted by molar-refractivity contribution is 5.94. The number of halogens is 3. The van der Waals surface area contributed by atoms with Gasteiger partial charge >= 0.3 is 6.18 Å². The first-order valence-electron chi connectivity index (χ1n) is 12.7. The maximum absolute atomic E-state index is 12.9. The van der Waals surface area contributed by atoms with Gasteiger partial charge in [-0.1, -0.05) is 30.4 Å². The molecule has 39 heavy (non-hydrogen) atoms. The van der Waals surface area contributed by atoms with Crippen molar-refractivity contribution >= 4 is 40.4 Å². The predicted octanol–water partition coefficient (Wildman–Crippen LogP) is 7.62. The van der Waals surface area contributed by atoms with E-state index in [-0.39, 0.29) is 0 Å². The first kappa shape index (κ1) is 25.0. The fourth-order valence-corrected chi connectivity index (χ4v) is 5.09. The zero-order chi connectivity index (χ0) is 27.3. The molecule has 2 aromatic heterocycles. The molecule has 198 valence electrons. The Labute approximate surface area is 223 Å². The first-order chi connectivity index (χ1) is 18.7. The lowest BCUT2D eigenvalue weighted by Crippen LogP contribution is -2.04. The molecule has 2 heterocycles. The summed E-state index contributed by atoms with van der Waals surface area (Å²) in [7, 11) is 3.53. The van der Waals surface area contributed by atoms with Crippen molar-refractivity contribution in [3.63, 3.8) is 0 Å². The molecule has 1 fully saturated rings.